The van der Waals surface area contributed by atoms with Gasteiger partial charge in [-0.15, -0.1) is 0 Å². The molecule has 0 saturated heterocycles. The summed E-state index contributed by atoms with van der Waals surface area (Å²) in [5, 5.41) is 4.03. The number of pyridine rings is 1. The van der Waals surface area contributed by atoms with Gasteiger partial charge >= 0.3 is 0 Å². The number of hydrogen-bond acceptors (Lipinski definition) is 4. The summed E-state index contributed by atoms with van der Waals surface area (Å²) in [5.74, 6) is 0.0182. The van der Waals surface area contributed by atoms with Crippen LogP contribution >= 0.6 is 0 Å². The van der Waals surface area contributed by atoms with E-state index in [1.807, 2.05) is 38.4 Å². The van der Waals surface area contributed by atoms with Gasteiger partial charge in [-0.2, -0.15) is 0 Å². The second-order valence-electron chi connectivity index (χ2n) is 6.61. The highest BCUT2D eigenvalue weighted by atomic mass is 16.1. The lowest BCUT2D eigenvalue weighted by Gasteiger charge is -2.29. The van der Waals surface area contributed by atoms with Crippen molar-refractivity contribution in [3.05, 3.63) is 41.1 Å². The molecule has 0 unspecified atom stereocenters. The van der Waals surface area contributed by atoms with Crippen molar-refractivity contribution in [2.24, 2.45) is 0 Å². The van der Waals surface area contributed by atoms with Crippen LogP contribution in [-0.4, -0.2) is 61.0 Å². The van der Waals surface area contributed by atoms with Crippen LogP contribution in [0.15, 0.2) is 24.3 Å². The first-order valence-corrected chi connectivity index (χ1v) is 8.66. The van der Waals surface area contributed by atoms with E-state index in [9.17, 15) is 4.79 Å². The van der Waals surface area contributed by atoms with Gasteiger partial charge in [-0.3, -0.25) is 14.7 Å². The summed E-state index contributed by atoms with van der Waals surface area (Å²) in [6, 6.07) is 7.97. The van der Waals surface area contributed by atoms with Gasteiger partial charge in [0.15, 0.2) is 0 Å². The Hall–Kier alpha value is -1.98. The first-order chi connectivity index (χ1) is 11.6. The fourth-order valence-electron chi connectivity index (χ4n) is 3.26. The SMILES string of the molecule is CCN1CCc2nc3ccccc3c(C(=O)NCCN(C)C)c2C1. The number of likely N-dealkylation sites (N-methyl/N-ethyl adjacent to an activating group) is 2. The Morgan fingerprint density at radius 2 is 2.12 bits per heavy atom. The molecule has 1 aliphatic rings. The van der Waals surface area contributed by atoms with Crippen LogP contribution in [-0.2, 0) is 13.0 Å². The molecule has 0 atom stereocenters. The molecule has 2 aromatic rings. The summed E-state index contributed by atoms with van der Waals surface area (Å²) < 4.78 is 0. The van der Waals surface area contributed by atoms with Gasteiger partial charge in [0.05, 0.1) is 11.1 Å². The molecule has 0 aliphatic carbocycles. The molecule has 1 aliphatic heterocycles. The second-order valence-corrected chi connectivity index (χ2v) is 6.61. The smallest absolute Gasteiger partial charge is 0.252 e. The van der Waals surface area contributed by atoms with E-state index in [0.29, 0.717) is 6.54 Å². The number of fused-ring (bicyclic) bond motifs is 2. The Balaban J connectivity index is 2.01. The first kappa shape index (κ1) is 16.9. The van der Waals surface area contributed by atoms with Gasteiger partial charge in [0, 0.05) is 49.2 Å². The van der Waals surface area contributed by atoms with E-state index in [0.717, 1.165) is 60.3 Å². The Labute approximate surface area is 143 Å². The molecule has 1 N–H and O–H groups in total. The lowest BCUT2D eigenvalue weighted by molar-refractivity contribution is 0.0950. The van der Waals surface area contributed by atoms with Gasteiger partial charge in [-0.05, 0) is 26.7 Å². The first-order valence-electron chi connectivity index (χ1n) is 8.66. The third-order valence-electron chi connectivity index (χ3n) is 4.64. The number of para-hydroxylation sites is 1. The highest BCUT2D eigenvalue weighted by Crippen LogP contribution is 2.28. The van der Waals surface area contributed by atoms with E-state index in [-0.39, 0.29) is 5.91 Å². The second kappa shape index (κ2) is 7.28. The molecule has 5 heteroatoms. The molecule has 0 radical (unpaired) electrons. The van der Waals surface area contributed by atoms with Crippen molar-refractivity contribution >= 4 is 16.8 Å². The van der Waals surface area contributed by atoms with Crippen molar-refractivity contribution in [1.29, 1.82) is 0 Å². The Morgan fingerprint density at radius 3 is 2.88 bits per heavy atom. The zero-order valence-electron chi connectivity index (χ0n) is 14.8. The third-order valence-corrected chi connectivity index (χ3v) is 4.64. The molecule has 3 rings (SSSR count). The summed E-state index contributed by atoms with van der Waals surface area (Å²) in [7, 11) is 4.02. The van der Waals surface area contributed by atoms with Crippen LogP contribution in [0.1, 0.15) is 28.5 Å². The Bertz CT molecular complexity index is 741. The zero-order valence-corrected chi connectivity index (χ0v) is 14.8. The number of nitrogens with zero attached hydrogens (tertiary/aromatic N) is 3. The molecule has 0 fully saturated rings. The van der Waals surface area contributed by atoms with Crippen LogP contribution in [0, 0.1) is 0 Å². The lowest BCUT2D eigenvalue weighted by Crippen LogP contribution is -2.35. The molecule has 1 aromatic carbocycles. The highest BCUT2D eigenvalue weighted by Gasteiger charge is 2.24. The topological polar surface area (TPSA) is 48.5 Å². The van der Waals surface area contributed by atoms with Gasteiger partial charge in [-0.1, -0.05) is 25.1 Å². The monoisotopic (exact) mass is 326 g/mol. The van der Waals surface area contributed by atoms with Gasteiger partial charge in [0.25, 0.3) is 5.91 Å². The number of nitrogens with one attached hydrogen (secondary N) is 1. The Morgan fingerprint density at radius 1 is 1.33 bits per heavy atom. The third kappa shape index (κ3) is 3.42. The maximum absolute atomic E-state index is 12.9. The molecule has 1 amide bonds. The average molecular weight is 326 g/mol. The van der Waals surface area contributed by atoms with Crippen LogP contribution < -0.4 is 5.32 Å². The molecule has 0 spiro atoms. The maximum Gasteiger partial charge on any atom is 0.252 e. The van der Waals surface area contributed by atoms with Crippen LogP contribution in [0.4, 0.5) is 0 Å². The predicted octanol–water partition coefficient (Wildman–Crippen LogP) is 1.90. The van der Waals surface area contributed by atoms with Crippen molar-refractivity contribution in [1.82, 2.24) is 20.1 Å². The molecule has 2 heterocycles. The molecular formula is C19H26N4O. The van der Waals surface area contributed by atoms with Gasteiger partial charge in [0.1, 0.15) is 0 Å². The van der Waals surface area contributed by atoms with E-state index >= 15 is 0 Å². The van der Waals surface area contributed by atoms with E-state index in [1.54, 1.807) is 0 Å². The standard InChI is InChI=1S/C19H26N4O/c1-4-23-11-9-17-15(13-23)18(19(24)20-10-12-22(2)3)14-7-5-6-8-16(14)21-17/h5-8H,4,9-13H2,1-3H3,(H,20,24). The summed E-state index contributed by atoms with van der Waals surface area (Å²) in [5.41, 5.74) is 3.91. The minimum absolute atomic E-state index is 0.0182. The normalized spacial score (nSPS) is 14.8. The fraction of sp³-hybridized carbons (Fsp3) is 0.474. The number of amides is 1. The number of benzene rings is 1. The zero-order chi connectivity index (χ0) is 17.1. The molecular weight excluding hydrogens is 300 g/mol. The minimum atomic E-state index is 0.0182. The molecule has 0 saturated carbocycles. The Kier molecular flexibility index (Phi) is 5.11. The maximum atomic E-state index is 12.9. The molecule has 5 nitrogen and oxygen atoms in total. The van der Waals surface area contributed by atoms with E-state index in [1.165, 1.54) is 0 Å². The van der Waals surface area contributed by atoms with Crippen molar-refractivity contribution in [2.45, 2.75) is 19.9 Å². The average Bonchev–Trinajstić information content (AvgIpc) is 2.58. The fourth-order valence-corrected chi connectivity index (χ4v) is 3.26. The van der Waals surface area contributed by atoms with E-state index in [2.05, 4.69) is 22.0 Å². The molecule has 1 aromatic heterocycles. The van der Waals surface area contributed by atoms with Gasteiger partial charge < -0.3 is 10.2 Å². The number of rotatable bonds is 5. The predicted molar refractivity (Wildman–Crippen MR) is 97.3 cm³/mol. The van der Waals surface area contributed by atoms with Crippen LogP contribution in [0.25, 0.3) is 10.9 Å². The van der Waals surface area contributed by atoms with Crippen molar-refractivity contribution in [2.75, 3.05) is 40.3 Å². The molecule has 128 valence electrons. The lowest BCUT2D eigenvalue weighted by atomic mass is 9.95. The summed E-state index contributed by atoms with van der Waals surface area (Å²) >= 11 is 0. The number of carbonyl (C=O) groups excluding carboxylic acids is 1. The van der Waals surface area contributed by atoms with Crippen molar-refractivity contribution < 1.29 is 4.79 Å². The molecule has 0 bridgehead atoms. The largest absolute Gasteiger partial charge is 0.351 e. The summed E-state index contributed by atoms with van der Waals surface area (Å²) in [4.78, 5) is 22.2. The van der Waals surface area contributed by atoms with Crippen LogP contribution in [0.2, 0.25) is 0 Å². The minimum Gasteiger partial charge on any atom is -0.351 e. The highest BCUT2D eigenvalue weighted by molar-refractivity contribution is 6.07. The van der Waals surface area contributed by atoms with E-state index < -0.39 is 0 Å². The van der Waals surface area contributed by atoms with Crippen LogP contribution in [0.3, 0.4) is 0 Å². The van der Waals surface area contributed by atoms with Gasteiger partial charge in [0.2, 0.25) is 0 Å². The van der Waals surface area contributed by atoms with Crippen molar-refractivity contribution in [3.8, 4) is 0 Å². The number of hydrogen-bond donors (Lipinski definition) is 1. The van der Waals surface area contributed by atoms with E-state index in [4.69, 9.17) is 4.98 Å². The quantitative estimate of drug-likeness (QED) is 0.912. The summed E-state index contributed by atoms with van der Waals surface area (Å²) in [6.45, 7) is 6.45. The molecule has 24 heavy (non-hydrogen) atoms. The number of aromatic nitrogens is 1. The van der Waals surface area contributed by atoms with Crippen LogP contribution in [0.5, 0.6) is 0 Å². The summed E-state index contributed by atoms with van der Waals surface area (Å²) in [6.07, 6.45) is 0.909. The van der Waals surface area contributed by atoms with Gasteiger partial charge in [-0.25, -0.2) is 0 Å². The van der Waals surface area contributed by atoms with Crippen molar-refractivity contribution in [3.63, 3.8) is 0 Å². The number of carbonyl (C=O) groups is 1.